The average molecular weight is 445 g/mol. The molecule has 0 saturated heterocycles. The lowest BCUT2D eigenvalue weighted by molar-refractivity contribution is -0.129. The number of primary amides is 1. The molecule has 4 rings (SSSR count). The van der Waals surface area contributed by atoms with Crippen LogP contribution in [0.4, 0.5) is 5.95 Å². The molecule has 0 bridgehead atoms. The van der Waals surface area contributed by atoms with Gasteiger partial charge in [-0.2, -0.15) is 0 Å². The lowest BCUT2D eigenvalue weighted by atomic mass is 9.80. The van der Waals surface area contributed by atoms with Crippen LogP contribution in [0.5, 0.6) is 0 Å². The Kier molecular flexibility index (Phi) is 4.70. The number of anilines is 1. The van der Waals surface area contributed by atoms with Gasteiger partial charge in [0.15, 0.2) is 11.6 Å². The number of hydrogen-bond donors (Lipinski definition) is 4. The second-order valence-corrected chi connectivity index (χ2v) is 8.08. The second-order valence-electron chi connectivity index (χ2n) is 7.16. The van der Waals surface area contributed by atoms with Crippen molar-refractivity contribution in [3.05, 3.63) is 45.2 Å². The number of fused-ring (bicyclic) bond motifs is 1. The van der Waals surface area contributed by atoms with Crippen LogP contribution < -0.4 is 16.4 Å². The van der Waals surface area contributed by atoms with Gasteiger partial charge >= 0.3 is 0 Å². The molecule has 0 spiro atoms. The van der Waals surface area contributed by atoms with Crippen LogP contribution in [0.25, 0.3) is 0 Å². The first-order chi connectivity index (χ1) is 13.4. The number of nitrogens with one attached hydrogen (secondary N) is 3. The minimum atomic E-state index is -1.47. The van der Waals surface area contributed by atoms with Gasteiger partial charge in [0, 0.05) is 10.2 Å². The van der Waals surface area contributed by atoms with Gasteiger partial charge in [-0.25, -0.2) is 4.98 Å². The number of benzene rings is 1. The summed E-state index contributed by atoms with van der Waals surface area (Å²) in [5, 5.41) is 5.72. The zero-order valence-electron chi connectivity index (χ0n) is 15.4. The zero-order valence-corrected chi connectivity index (χ0v) is 17.0. The summed E-state index contributed by atoms with van der Waals surface area (Å²) in [6.07, 6.45) is 5.38. The number of H-pyrrole nitrogens is 1. The molecule has 2 amide bonds. The van der Waals surface area contributed by atoms with Gasteiger partial charge in [0.1, 0.15) is 0 Å². The highest BCUT2D eigenvalue weighted by Crippen LogP contribution is 2.34. The lowest BCUT2D eigenvalue weighted by Gasteiger charge is -2.32. The number of aromatic amines is 1. The highest BCUT2D eigenvalue weighted by molar-refractivity contribution is 9.10. The summed E-state index contributed by atoms with van der Waals surface area (Å²) in [5.41, 5.74) is 7.78. The number of amides is 2. The van der Waals surface area contributed by atoms with E-state index < -0.39 is 23.4 Å². The first kappa shape index (κ1) is 18.7. The van der Waals surface area contributed by atoms with Crippen molar-refractivity contribution in [1.82, 2.24) is 15.3 Å². The number of imidazole rings is 1. The van der Waals surface area contributed by atoms with Crippen molar-refractivity contribution in [2.45, 2.75) is 44.2 Å². The van der Waals surface area contributed by atoms with Crippen LogP contribution in [0.2, 0.25) is 0 Å². The summed E-state index contributed by atoms with van der Waals surface area (Å²) in [4.78, 5) is 37.5. The Morgan fingerprint density at radius 2 is 2.11 bits per heavy atom. The lowest BCUT2D eigenvalue weighted by Crippen LogP contribution is -2.59. The van der Waals surface area contributed by atoms with Crippen molar-refractivity contribution < 1.29 is 9.59 Å². The number of nitrogens with two attached hydrogens (primary N) is 1. The number of nitrogens with zero attached hydrogens (tertiary/aromatic N) is 2. The number of aryl methyl sites for hydroxylation is 3. The molecule has 9 heteroatoms. The molecular formula is C19H21BrN6O2. The molecule has 1 aliphatic carbocycles. The summed E-state index contributed by atoms with van der Waals surface area (Å²) in [5.74, 6) is -0.751. The van der Waals surface area contributed by atoms with E-state index in [0.717, 1.165) is 47.1 Å². The fourth-order valence-electron chi connectivity index (χ4n) is 3.95. The Bertz CT molecular complexity index is 961. The number of rotatable bonds is 4. The van der Waals surface area contributed by atoms with Crippen LogP contribution in [0.1, 0.15) is 35.4 Å². The van der Waals surface area contributed by atoms with Crippen LogP contribution in [0, 0.1) is 6.92 Å². The summed E-state index contributed by atoms with van der Waals surface area (Å²) in [6, 6.07) is 4.46. The molecule has 2 atom stereocenters. The molecule has 1 aromatic carbocycles. The van der Waals surface area contributed by atoms with Gasteiger partial charge in [-0.15, -0.1) is 0 Å². The maximum atomic E-state index is 13.1. The van der Waals surface area contributed by atoms with Crippen molar-refractivity contribution in [2.24, 2.45) is 10.7 Å². The van der Waals surface area contributed by atoms with Gasteiger partial charge in [0.05, 0.1) is 12.0 Å². The summed E-state index contributed by atoms with van der Waals surface area (Å²) < 4.78 is 0.778. The van der Waals surface area contributed by atoms with Crippen molar-refractivity contribution >= 4 is 40.0 Å². The number of aliphatic imine (C=N–C) groups is 1. The largest absolute Gasteiger partial charge is 0.367 e. The van der Waals surface area contributed by atoms with E-state index in [1.54, 1.807) is 6.07 Å². The van der Waals surface area contributed by atoms with E-state index in [1.807, 2.05) is 19.1 Å². The molecule has 8 nitrogen and oxygen atoms in total. The monoisotopic (exact) mass is 444 g/mol. The third kappa shape index (κ3) is 2.99. The SMILES string of the molecule is Cc1ccc(Br)cc1C1(C(N)=O)NC=NC1C(=O)Nc1nc2c([nH]1)CCCC2. The van der Waals surface area contributed by atoms with Crippen molar-refractivity contribution in [3.63, 3.8) is 0 Å². The van der Waals surface area contributed by atoms with Crippen LogP contribution in [-0.4, -0.2) is 34.2 Å². The minimum Gasteiger partial charge on any atom is -0.367 e. The first-order valence-corrected chi connectivity index (χ1v) is 9.95. The fourth-order valence-corrected chi connectivity index (χ4v) is 4.31. The molecular weight excluding hydrogens is 424 g/mol. The van der Waals surface area contributed by atoms with Gasteiger partial charge in [-0.05, 0) is 55.9 Å². The predicted octanol–water partition coefficient (Wildman–Crippen LogP) is 1.68. The van der Waals surface area contributed by atoms with Crippen LogP contribution in [0.15, 0.2) is 27.7 Å². The minimum absolute atomic E-state index is 0.378. The van der Waals surface area contributed by atoms with Gasteiger partial charge in [-0.3, -0.25) is 19.9 Å². The van der Waals surface area contributed by atoms with Crippen LogP contribution in [0.3, 0.4) is 0 Å². The number of carbonyl (C=O) groups is 2. The Morgan fingerprint density at radius 3 is 2.86 bits per heavy atom. The third-order valence-electron chi connectivity index (χ3n) is 5.38. The fraction of sp³-hybridized carbons (Fsp3) is 0.368. The van der Waals surface area contributed by atoms with E-state index in [-0.39, 0.29) is 0 Å². The molecule has 2 unspecified atom stereocenters. The number of carbonyl (C=O) groups excluding carboxylic acids is 2. The molecule has 1 aromatic heterocycles. The molecule has 28 heavy (non-hydrogen) atoms. The van der Waals surface area contributed by atoms with Crippen LogP contribution >= 0.6 is 15.9 Å². The van der Waals surface area contributed by atoms with E-state index in [9.17, 15) is 9.59 Å². The number of halogens is 1. The molecule has 1 aliphatic heterocycles. The predicted molar refractivity (Wildman–Crippen MR) is 109 cm³/mol. The number of aromatic nitrogens is 2. The highest BCUT2D eigenvalue weighted by Gasteiger charge is 2.53. The summed E-state index contributed by atoms with van der Waals surface area (Å²) in [7, 11) is 0. The van der Waals surface area contributed by atoms with E-state index >= 15 is 0 Å². The van der Waals surface area contributed by atoms with Gasteiger partial charge in [0.2, 0.25) is 5.95 Å². The second kappa shape index (κ2) is 7.05. The Morgan fingerprint density at radius 1 is 1.32 bits per heavy atom. The molecule has 2 aromatic rings. The Hall–Kier alpha value is -2.68. The van der Waals surface area contributed by atoms with Crippen molar-refractivity contribution in [3.8, 4) is 0 Å². The molecule has 2 aliphatic rings. The van der Waals surface area contributed by atoms with E-state index in [4.69, 9.17) is 5.73 Å². The highest BCUT2D eigenvalue weighted by atomic mass is 79.9. The molecule has 2 heterocycles. The first-order valence-electron chi connectivity index (χ1n) is 9.16. The van der Waals surface area contributed by atoms with Crippen molar-refractivity contribution in [1.29, 1.82) is 0 Å². The third-order valence-corrected chi connectivity index (χ3v) is 5.88. The van der Waals surface area contributed by atoms with Crippen LogP contribution in [-0.2, 0) is 28.0 Å². The van der Waals surface area contributed by atoms with E-state index in [2.05, 4.69) is 41.5 Å². The average Bonchev–Trinajstić information content (AvgIpc) is 3.27. The molecule has 0 saturated carbocycles. The standard InChI is InChI=1S/C19H21BrN6O2/c1-10-6-7-11(20)8-12(10)19(17(21)28)15(22-9-23-19)16(27)26-18-24-13-4-2-3-5-14(13)25-18/h6-9,15H,2-5H2,1H3,(H2,21,28)(H,22,23)(H2,24,25,26,27). The molecule has 5 N–H and O–H groups in total. The maximum absolute atomic E-state index is 13.1. The normalized spacial score (nSPS) is 23.1. The van der Waals surface area contributed by atoms with E-state index in [0.29, 0.717) is 11.5 Å². The molecule has 0 fully saturated rings. The zero-order chi connectivity index (χ0) is 19.9. The van der Waals surface area contributed by atoms with Gasteiger partial charge < -0.3 is 16.0 Å². The van der Waals surface area contributed by atoms with E-state index in [1.165, 1.54) is 6.34 Å². The van der Waals surface area contributed by atoms with Gasteiger partial charge in [0.25, 0.3) is 11.8 Å². The molecule has 146 valence electrons. The topological polar surface area (TPSA) is 125 Å². The summed E-state index contributed by atoms with van der Waals surface area (Å²) in [6.45, 7) is 1.86. The smallest absolute Gasteiger partial charge is 0.254 e. The number of hydrogen-bond acceptors (Lipinski definition) is 5. The van der Waals surface area contributed by atoms with Gasteiger partial charge in [-0.1, -0.05) is 22.0 Å². The Balaban J connectivity index is 1.67. The van der Waals surface area contributed by atoms with Crippen molar-refractivity contribution in [2.75, 3.05) is 5.32 Å². The Labute approximate surface area is 170 Å². The quantitative estimate of drug-likeness (QED) is 0.572. The maximum Gasteiger partial charge on any atom is 0.254 e. The summed E-state index contributed by atoms with van der Waals surface area (Å²) >= 11 is 3.42. The molecule has 0 radical (unpaired) electrons.